The summed E-state index contributed by atoms with van der Waals surface area (Å²) >= 11 is 3.13. The van der Waals surface area contributed by atoms with Crippen LogP contribution in [0.4, 0.5) is 19.1 Å². The predicted octanol–water partition coefficient (Wildman–Crippen LogP) is 4.40. The molecule has 0 fully saturated rings. The summed E-state index contributed by atoms with van der Waals surface area (Å²) < 4.78 is 43.5. The van der Waals surface area contributed by atoms with Gasteiger partial charge in [-0.05, 0) is 21.5 Å². The molecule has 2 heterocycles. The lowest BCUT2D eigenvalue weighted by Gasteiger charge is -2.29. The van der Waals surface area contributed by atoms with Crippen molar-refractivity contribution in [2.75, 3.05) is 5.32 Å². The van der Waals surface area contributed by atoms with Gasteiger partial charge in [0, 0.05) is 18.0 Å². The molecule has 31 heavy (non-hydrogen) atoms. The molecule has 1 aromatic heterocycles. The number of nitrogens with zero attached hydrogens (tertiary/aromatic N) is 4. The number of benzene rings is 2. The Hall–Kier alpha value is -3.27. The normalized spacial score (nSPS) is 18.8. The Morgan fingerprint density at radius 3 is 2.13 bits per heavy atom. The molecule has 158 valence electrons. The largest absolute Gasteiger partial charge is 0.442 e. The Labute approximate surface area is 184 Å². The highest BCUT2D eigenvalue weighted by Gasteiger charge is 2.66. The minimum Gasteiger partial charge on any atom is -0.314 e. The number of amidine groups is 1. The lowest BCUT2D eigenvalue weighted by molar-refractivity contribution is -0.185. The third-order valence-corrected chi connectivity index (χ3v) is 5.03. The van der Waals surface area contributed by atoms with Crippen LogP contribution < -0.4 is 5.32 Å². The van der Waals surface area contributed by atoms with E-state index in [0.29, 0.717) is 15.6 Å². The van der Waals surface area contributed by atoms with Gasteiger partial charge in [-0.2, -0.15) is 13.2 Å². The molecule has 1 aliphatic heterocycles. The van der Waals surface area contributed by atoms with Gasteiger partial charge < -0.3 is 5.32 Å². The van der Waals surface area contributed by atoms with E-state index in [9.17, 15) is 18.0 Å². The molecule has 1 aliphatic rings. The van der Waals surface area contributed by atoms with Crippen LogP contribution >= 0.6 is 15.9 Å². The van der Waals surface area contributed by atoms with E-state index in [1.54, 1.807) is 60.7 Å². The number of alkyl halides is 3. The van der Waals surface area contributed by atoms with Gasteiger partial charge in [-0.25, -0.2) is 15.0 Å². The van der Waals surface area contributed by atoms with Crippen molar-refractivity contribution >= 4 is 33.6 Å². The summed E-state index contributed by atoms with van der Waals surface area (Å²) in [5, 5.41) is 2.14. The van der Waals surface area contributed by atoms with E-state index in [1.807, 2.05) is 0 Å². The van der Waals surface area contributed by atoms with Gasteiger partial charge in [0.25, 0.3) is 5.91 Å². The van der Waals surface area contributed by atoms with Crippen molar-refractivity contribution in [1.82, 2.24) is 14.9 Å². The lowest BCUT2D eigenvalue weighted by atomic mass is 10.1. The first-order chi connectivity index (χ1) is 14.8. The molecule has 0 spiro atoms. The molecular weight excluding hydrogens is 475 g/mol. The van der Waals surface area contributed by atoms with Crippen LogP contribution in [-0.4, -0.2) is 38.4 Å². The minimum atomic E-state index is -5.05. The van der Waals surface area contributed by atoms with Crippen molar-refractivity contribution in [3.63, 3.8) is 0 Å². The van der Waals surface area contributed by atoms with Crippen molar-refractivity contribution < 1.29 is 18.0 Å². The zero-order chi connectivity index (χ0) is 22.1. The number of amides is 1. The van der Waals surface area contributed by atoms with Gasteiger partial charge in [-0.1, -0.05) is 60.7 Å². The fourth-order valence-corrected chi connectivity index (χ4v) is 3.36. The molecule has 1 unspecified atom stereocenters. The number of carbonyl (C=O) groups excluding carboxylic acids is 1. The van der Waals surface area contributed by atoms with E-state index in [1.165, 1.54) is 12.4 Å². The topological polar surface area (TPSA) is 70.5 Å². The van der Waals surface area contributed by atoms with Crippen LogP contribution in [0.15, 0.2) is 82.5 Å². The monoisotopic (exact) mass is 489 g/mol. The van der Waals surface area contributed by atoms with Crippen LogP contribution in [0.25, 0.3) is 0 Å². The van der Waals surface area contributed by atoms with E-state index >= 15 is 0 Å². The molecule has 0 saturated heterocycles. The number of halogens is 4. The third kappa shape index (κ3) is 4.02. The Bertz CT molecular complexity index is 1110. The second-order valence-corrected chi connectivity index (χ2v) is 7.65. The third-order valence-electron chi connectivity index (χ3n) is 4.62. The molecule has 2 aromatic carbocycles. The van der Waals surface area contributed by atoms with Gasteiger partial charge >= 0.3 is 11.8 Å². The zero-order valence-corrected chi connectivity index (χ0v) is 17.4. The van der Waals surface area contributed by atoms with Crippen molar-refractivity contribution in [3.8, 4) is 0 Å². The number of anilines is 1. The summed E-state index contributed by atoms with van der Waals surface area (Å²) in [7, 11) is 0. The Balaban J connectivity index is 1.83. The Morgan fingerprint density at radius 1 is 0.968 bits per heavy atom. The fourth-order valence-electron chi connectivity index (χ4n) is 3.15. The fraction of sp³-hybridized carbons (Fsp3) is 0.143. The maximum Gasteiger partial charge on any atom is 0.442 e. The number of rotatable bonds is 5. The molecule has 0 bridgehead atoms. The average molecular weight is 490 g/mol. The number of nitrogens with one attached hydrogen (secondary N) is 1. The second kappa shape index (κ2) is 8.10. The Kier molecular flexibility index (Phi) is 5.48. The molecular formula is C21H15BrF3N5O. The predicted molar refractivity (Wildman–Crippen MR) is 112 cm³/mol. The first-order valence-electron chi connectivity index (χ1n) is 9.14. The van der Waals surface area contributed by atoms with Crippen molar-refractivity contribution in [2.24, 2.45) is 4.99 Å². The highest BCUT2D eigenvalue weighted by atomic mass is 79.9. The van der Waals surface area contributed by atoms with E-state index < -0.39 is 17.7 Å². The van der Waals surface area contributed by atoms with Gasteiger partial charge in [0.1, 0.15) is 5.84 Å². The number of hydrogen-bond donors (Lipinski definition) is 1. The Morgan fingerprint density at radius 2 is 1.55 bits per heavy atom. The van der Waals surface area contributed by atoms with Crippen LogP contribution in [0.5, 0.6) is 0 Å². The summed E-state index contributed by atoms with van der Waals surface area (Å²) in [5.74, 6) is -1.71. The van der Waals surface area contributed by atoms with E-state index in [0.717, 1.165) is 4.90 Å². The summed E-state index contributed by atoms with van der Waals surface area (Å²) in [6.07, 6.45) is -2.49. The highest BCUT2D eigenvalue weighted by Crippen LogP contribution is 2.40. The van der Waals surface area contributed by atoms with E-state index in [4.69, 9.17) is 0 Å². The van der Waals surface area contributed by atoms with Gasteiger partial charge in [0.15, 0.2) is 0 Å². The minimum absolute atomic E-state index is 0.0753. The van der Waals surface area contributed by atoms with E-state index in [2.05, 4.69) is 36.2 Å². The number of hydrogen-bond acceptors (Lipinski definition) is 5. The lowest BCUT2D eigenvalue weighted by Crippen LogP contribution is -2.58. The van der Waals surface area contributed by atoms with Crippen LogP contribution in [0.2, 0.25) is 0 Å². The number of carbonyl (C=O) groups is 1. The SMILES string of the molecule is O=C1N(Cc2ccccc2)C(c2ccccc2)=NC1(Nc1ncc(Br)cn1)C(F)(F)F. The van der Waals surface area contributed by atoms with Crippen LogP contribution in [0, 0.1) is 0 Å². The molecule has 1 atom stereocenters. The van der Waals surface area contributed by atoms with Gasteiger partial charge in [-0.15, -0.1) is 0 Å². The standard InChI is InChI=1S/C21H15BrF3N5O/c22-16-11-26-19(27-12-16)29-20(21(23,24)25)18(31)30(13-14-7-3-1-4-8-14)17(28-20)15-9-5-2-6-10-15/h1-12H,13H2,(H,26,27,29). The first kappa shape index (κ1) is 21.0. The molecule has 0 aliphatic carbocycles. The van der Waals surface area contributed by atoms with Crippen molar-refractivity contribution in [1.29, 1.82) is 0 Å². The molecule has 1 N–H and O–H groups in total. The van der Waals surface area contributed by atoms with Crippen LogP contribution in [0.3, 0.4) is 0 Å². The molecule has 0 radical (unpaired) electrons. The van der Waals surface area contributed by atoms with Crippen molar-refractivity contribution in [2.45, 2.75) is 18.4 Å². The maximum absolute atomic E-state index is 14.4. The van der Waals surface area contributed by atoms with Gasteiger partial charge in [0.2, 0.25) is 5.95 Å². The zero-order valence-electron chi connectivity index (χ0n) is 15.8. The van der Waals surface area contributed by atoms with E-state index in [-0.39, 0.29) is 18.3 Å². The first-order valence-corrected chi connectivity index (χ1v) is 9.93. The smallest absolute Gasteiger partial charge is 0.314 e. The molecule has 4 rings (SSSR count). The van der Waals surface area contributed by atoms with Gasteiger partial charge in [-0.3, -0.25) is 9.69 Å². The summed E-state index contributed by atoms with van der Waals surface area (Å²) in [5.41, 5.74) is -2.20. The maximum atomic E-state index is 14.4. The molecule has 0 saturated carbocycles. The number of aliphatic imine (C=N–C) groups is 1. The number of aromatic nitrogens is 2. The summed E-state index contributed by atoms with van der Waals surface area (Å²) in [6, 6.07) is 17.0. The summed E-state index contributed by atoms with van der Waals surface area (Å²) in [4.78, 5) is 25.9. The van der Waals surface area contributed by atoms with Gasteiger partial charge in [0.05, 0.1) is 11.0 Å². The second-order valence-electron chi connectivity index (χ2n) is 6.74. The molecule has 10 heteroatoms. The van der Waals surface area contributed by atoms with Crippen LogP contribution in [0.1, 0.15) is 11.1 Å². The highest BCUT2D eigenvalue weighted by molar-refractivity contribution is 9.10. The quantitative estimate of drug-likeness (QED) is 0.576. The molecule has 6 nitrogen and oxygen atoms in total. The summed E-state index contributed by atoms with van der Waals surface area (Å²) in [6.45, 7) is -0.0753. The molecule has 1 amide bonds. The van der Waals surface area contributed by atoms with Crippen molar-refractivity contribution in [3.05, 3.63) is 88.7 Å². The molecule has 3 aromatic rings. The van der Waals surface area contributed by atoms with Crippen LogP contribution in [-0.2, 0) is 11.3 Å². The average Bonchev–Trinajstić information content (AvgIpc) is 3.04.